The number of nitrogens with one attached hydrogen (secondary N) is 1. The molecule has 30 heavy (non-hydrogen) atoms. The highest BCUT2D eigenvalue weighted by molar-refractivity contribution is 5.83. The van der Waals surface area contributed by atoms with Crippen LogP contribution in [0, 0.1) is 11.6 Å². The van der Waals surface area contributed by atoms with Crippen LogP contribution in [0.2, 0.25) is 0 Å². The van der Waals surface area contributed by atoms with Crippen molar-refractivity contribution < 1.29 is 22.7 Å². The van der Waals surface area contributed by atoms with E-state index in [0.29, 0.717) is 61.1 Å². The number of fused-ring (bicyclic) bond motifs is 1. The van der Waals surface area contributed by atoms with Gasteiger partial charge in [0.2, 0.25) is 0 Å². The molecule has 0 bridgehead atoms. The van der Waals surface area contributed by atoms with Gasteiger partial charge in [0.25, 0.3) is 0 Å². The molecule has 0 unspecified atom stereocenters. The Bertz CT molecular complexity index is 1090. The van der Waals surface area contributed by atoms with Gasteiger partial charge in [-0.15, -0.1) is 0 Å². The van der Waals surface area contributed by atoms with Gasteiger partial charge >= 0.3 is 0 Å². The first-order valence-corrected chi connectivity index (χ1v) is 9.79. The predicted molar refractivity (Wildman–Crippen MR) is 110 cm³/mol. The Morgan fingerprint density at radius 3 is 2.50 bits per heavy atom. The smallest absolute Gasteiger partial charge is 0.200 e. The summed E-state index contributed by atoms with van der Waals surface area (Å²) < 4.78 is 44.1. The number of hydrogen-bond donors (Lipinski definition) is 1. The Kier molecular flexibility index (Phi) is 5.85. The average molecular weight is 416 g/mol. The second-order valence-electron chi connectivity index (χ2n) is 6.95. The van der Waals surface area contributed by atoms with Crippen LogP contribution in [0.15, 0.2) is 45.6 Å². The zero-order valence-electron chi connectivity index (χ0n) is 16.5. The molecule has 2 aromatic carbocycles. The van der Waals surface area contributed by atoms with E-state index in [1.807, 2.05) is 11.8 Å². The third-order valence-electron chi connectivity index (χ3n) is 4.85. The number of nitrogens with zero attached hydrogens (tertiary/aromatic N) is 1. The lowest BCUT2D eigenvalue weighted by molar-refractivity contribution is 0.121. The summed E-state index contributed by atoms with van der Waals surface area (Å²) in [7, 11) is 0. The van der Waals surface area contributed by atoms with Crippen LogP contribution in [0.25, 0.3) is 11.0 Å². The van der Waals surface area contributed by atoms with Crippen molar-refractivity contribution in [2.45, 2.75) is 13.5 Å². The Morgan fingerprint density at radius 2 is 1.80 bits per heavy atom. The normalized spacial score (nSPS) is 14.2. The van der Waals surface area contributed by atoms with Gasteiger partial charge in [0.15, 0.2) is 11.3 Å². The van der Waals surface area contributed by atoms with E-state index in [-0.39, 0.29) is 17.7 Å². The molecule has 0 spiro atoms. The molecule has 1 aliphatic rings. The van der Waals surface area contributed by atoms with E-state index < -0.39 is 11.6 Å². The summed E-state index contributed by atoms with van der Waals surface area (Å²) in [4.78, 5) is 14.8. The van der Waals surface area contributed by atoms with Crippen LogP contribution in [0.3, 0.4) is 0 Å². The van der Waals surface area contributed by atoms with Gasteiger partial charge in [-0.05, 0) is 31.2 Å². The van der Waals surface area contributed by atoms with E-state index in [2.05, 4.69) is 5.32 Å². The van der Waals surface area contributed by atoms with Gasteiger partial charge in [0.1, 0.15) is 23.0 Å². The highest BCUT2D eigenvalue weighted by Gasteiger charge is 2.18. The standard InChI is InChI=1S/C22H22F2N2O4/c1-2-29-18-7-14(13-25-17-9-15(23)8-16(24)10-17)22-19(11-18)20(27)12-21(30-22)26-3-5-28-6-4-26/h7-12,25H,2-6,13H2,1H3. The summed E-state index contributed by atoms with van der Waals surface area (Å²) in [6.45, 7) is 4.85. The zero-order valence-corrected chi connectivity index (χ0v) is 16.5. The number of ether oxygens (including phenoxy) is 2. The number of halogens is 2. The number of morpholine rings is 1. The van der Waals surface area contributed by atoms with Crippen LogP contribution < -0.4 is 20.4 Å². The van der Waals surface area contributed by atoms with E-state index in [4.69, 9.17) is 13.9 Å². The third-order valence-corrected chi connectivity index (χ3v) is 4.85. The Hall–Kier alpha value is -3.13. The molecule has 0 atom stereocenters. The molecule has 1 saturated heterocycles. The van der Waals surface area contributed by atoms with Gasteiger partial charge in [-0.1, -0.05) is 0 Å². The van der Waals surface area contributed by atoms with Crippen LogP contribution in [0.1, 0.15) is 12.5 Å². The Morgan fingerprint density at radius 1 is 1.07 bits per heavy atom. The first-order chi connectivity index (χ1) is 14.5. The van der Waals surface area contributed by atoms with Gasteiger partial charge in [0.05, 0.1) is 25.2 Å². The monoisotopic (exact) mass is 416 g/mol. The summed E-state index contributed by atoms with van der Waals surface area (Å²) >= 11 is 0. The third kappa shape index (κ3) is 4.38. The lowest BCUT2D eigenvalue weighted by Crippen LogP contribution is -2.36. The lowest BCUT2D eigenvalue weighted by atomic mass is 10.1. The van der Waals surface area contributed by atoms with Crippen molar-refractivity contribution in [1.82, 2.24) is 0 Å². The summed E-state index contributed by atoms with van der Waals surface area (Å²) in [5, 5.41) is 3.38. The highest BCUT2D eigenvalue weighted by Crippen LogP contribution is 2.28. The predicted octanol–water partition coefficient (Wildman–Crippen LogP) is 3.92. The maximum Gasteiger partial charge on any atom is 0.200 e. The molecule has 6 nitrogen and oxygen atoms in total. The lowest BCUT2D eigenvalue weighted by Gasteiger charge is -2.27. The average Bonchev–Trinajstić information content (AvgIpc) is 2.72. The van der Waals surface area contributed by atoms with Crippen molar-refractivity contribution >= 4 is 22.5 Å². The number of anilines is 2. The fraction of sp³-hybridized carbons (Fsp3) is 0.318. The SMILES string of the molecule is CCOc1cc(CNc2cc(F)cc(F)c2)c2oc(N3CCOCC3)cc(=O)c2c1. The topological polar surface area (TPSA) is 63.9 Å². The molecular formula is C22H22F2N2O4. The maximum absolute atomic E-state index is 13.5. The number of benzene rings is 2. The molecule has 1 aliphatic heterocycles. The molecule has 1 aromatic heterocycles. The fourth-order valence-corrected chi connectivity index (χ4v) is 3.46. The largest absolute Gasteiger partial charge is 0.494 e. The zero-order chi connectivity index (χ0) is 21.1. The molecule has 0 saturated carbocycles. The number of hydrogen-bond acceptors (Lipinski definition) is 6. The van der Waals surface area contributed by atoms with Crippen molar-refractivity contribution in [2.75, 3.05) is 43.1 Å². The second-order valence-corrected chi connectivity index (χ2v) is 6.95. The number of rotatable bonds is 6. The first-order valence-electron chi connectivity index (χ1n) is 9.79. The molecular weight excluding hydrogens is 394 g/mol. The van der Waals surface area contributed by atoms with Crippen LogP contribution >= 0.6 is 0 Å². The molecule has 158 valence electrons. The van der Waals surface area contributed by atoms with Crippen LogP contribution in [0.5, 0.6) is 5.75 Å². The summed E-state index contributed by atoms with van der Waals surface area (Å²) in [6, 6.07) is 8.10. The van der Waals surface area contributed by atoms with Crippen LogP contribution in [-0.2, 0) is 11.3 Å². The van der Waals surface area contributed by atoms with Gasteiger partial charge in [-0.25, -0.2) is 8.78 Å². The van der Waals surface area contributed by atoms with Crippen molar-refractivity contribution in [1.29, 1.82) is 0 Å². The van der Waals surface area contributed by atoms with E-state index >= 15 is 0 Å². The van der Waals surface area contributed by atoms with E-state index in [1.54, 1.807) is 12.1 Å². The van der Waals surface area contributed by atoms with Crippen molar-refractivity contribution in [3.8, 4) is 5.75 Å². The summed E-state index contributed by atoms with van der Waals surface area (Å²) in [5.74, 6) is -0.352. The summed E-state index contributed by atoms with van der Waals surface area (Å²) in [5.41, 5.74) is 1.16. The summed E-state index contributed by atoms with van der Waals surface area (Å²) in [6.07, 6.45) is 0. The minimum atomic E-state index is -0.674. The van der Waals surface area contributed by atoms with Crippen molar-refractivity contribution in [3.05, 3.63) is 63.8 Å². The van der Waals surface area contributed by atoms with E-state index in [9.17, 15) is 13.6 Å². The molecule has 1 N–H and O–H groups in total. The second kappa shape index (κ2) is 8.71. The highest BCUT2D eigenvalue weighted by atomic mass is 19.1. The van der Waals surface area contributed by atoms with Crippen LogP contribution in [0.4, 0.5) is 20.4 Å². The molecule has 8 heteroatoms. The van der Waals surface area contributed by atoms with Gasteiger partial charge in [0, 0.05) is 43.0 Å². The molecule has 2 heterocycles. The molecule has 0 radical (unpaired) electrons. The Balaban J connectivity index is 1.74. The van der Waals surface area contributed by atoms with Crippen LogP contribution in [-0.4, -0.2) is 32.9 Å². The minimum absolute atomic E-state index is 0.183. The quantitative estimate of drug-likeness (QED) is 0.657. The molecule has 1 fully saturated rings. The van der Waals surface area contributed by atoms with E-state index in [1.165, 1.54) is 18.2 Å². The maximum atomic E-state index is 13.5. The van der Waals surface area contributed by atoms with Gasteiger partial charge in [-0.3, -0.25) is 4.79 Å². The molecule has 3 aromatic rings. The first kappa shape index (κ1) is 20.2. The van der Waals surface area contributed by atoms with Gasteiger partial charge in [-0.2, -0.15) is 0 Å². The fourth-order valence-electron chi connectivity index (χ4n) is 3.46. The Labute approximate surface area is 172 Å². The van der Waals surface area contributed by atoms with E-state index in [0.717, 1.165) is 6.07 Å². The van der Waals surface area contributed by atoms with Gasteiger partial charge < -0.3 is 24.1 Å². The molecule has 0 aliphatic carbocycles. The van der Waals surface area contributed by atoms with Crippen molar-refractivity contribution in [3.63, 3.8) is 0 Å². The molecule has 4 rings (SSSR count). The minimum Gasteiger partial charge on any atom is -0.494 e. The molecule has 0 amide bonds. The van der Waals surface area contributed by atoms with Crippen molar-refractivity contribution in [2.24, 2.45) is 0 Å².